The van der Waals surface area contributed by atoms with Crippen LogP contribution in [0.3, 0.4) is 0 Å². The van der Waals surface area contributed by atoms with Crippen LogP contribution in [0.1, 0.15) is 30.4 Å². The topological polar surface area (TPSA) is 12.0 Å². The second kappa shape index (κ2) is 11.6. The van der Waals surface area contributed by atoms with Gasteiger partial charge in [-0.05, 0) is 87.6 Å². The highest BCUT2D eigenvalue weighted by atomic mass is 14.8. The molecule has 1 unspecified atom stereocenters. The highest BCUT2D eigenvalue weighted by Crippen LogP contribution is 2.40. The van der Waals surface area contributed by atoms with Gasteiger partial charge in [-0.15, -0.1) is 0 Å². The lowest BCUT2D eigenvalue weighted by Gasteiger charge is -2.14. The lowest BCUT2D eigenvalue weighted by atomic mass is 9.92. The molecule has 1 aliphatic carbocycles. The van der Waals surface area contributed by atoms with E-state index in [1.54, 1.807) is 0 Å². The van der Waals surface area contributed by atoms with Gasteiger partial charge >= 0.3 is 0 Å². The molecule has 0 radical (unpaired) electrons. The van der Waals surface area contributed by atoms with Gasteiger partial charge in [0.2, 0.25) is 0 Å². The predicted octanol–water partition coefficient (Wildman–Crippen LogP) is 10.8. The number of rotatable bonds is 10. The van der Waals surface area contributed by atoms with Crippen LogP contribution < -0.4 is 5.32 Å². The molecule has 6 rings (SSSR count). The molecule has 0 aliphatic heterocycles. The Morgan fingerprint density at radius 2 is 1.48 bits per heavy atom. The van der Waals surface area contributed by atoms with Crippen molar-refractivity contribution < 1.29 is 0 Å². The molecule has 0 amide bonds. The molecule has 1 N–H and O–H groups in total. The summed E-state index contributed by atoms with van der Waals surface area (Å²) >= 11 is 0. The fourth-order valence-corrected chi connectivity index (χ4v) is 5.82. The second-order valence-corrected chi connectivity index (χ2v) is 10.7. The summed E-state index contributed by atoms with van der Waals surface area (Å²) in [5, 5.41) is 8.70. The molecule has 1 saturated carbocycles. The molecule has 5 aromatic rings. The summed E-state index contributed by atoms with van der Waals surface area (Å²) in [7, 11) is 0. The first-order chi connectivity index (χ1) is 19.7. The molecule has 40 heavy (non-hydrogen) atoms. The summed E-state index contributed by atoms with van der Waals surface area (Å²) in [4.78, 5) is 0. The van der Waals surface area contributed by atoms with E-state index in [4.69, 9.17) is 0 Å². The van der Waals surface area contributed by atoms with Crippen LogP contribution in [-0.4, -0.2) is 0 Å². The lowest BCUT2D eigenvalue weighted by molar-refractivity contribution is 0.684. The Balaban J connectivity index is 1.28. The largest absolute Gasteiger partial charge is 0.361 e. The maximum atomic E-state index is 4.12. The van der Waals surface area contributed by atoms with Crippen molar-refractivity contribution in [2.75, 3.05) is 5.32 Å². The lowest BCUT2D eigenvalue weighted by Crippen LogP contribution is -1.94. The molecule has 1 heteroatoms. The van der Waals surface area contributed by atoms with E-state index in [1.807, 2.05) is 12.3 Å². The Kier molecular flexibility index (Phi) is 7.46. The van der Waals surface area contributed by atoms with Crippen molar-refractivity contribution in [1.82, 2.24) is 0 Å². The number of anilines is 1. The minimum absolute atomic E-state index is 0.760. The fourth-order valence-electron chi connectivity index (χ4n) is 5.82. The smallest absolute Gasteiger partial charge is 0.0459 e. The maximum Gasteiger partial charge on any atom is 0.0459 e. The van der Waals surface area contributed by atoms with Crippen molar-refractivity contribution in [3.8, 4) is 11.1 Å². The van der Waals surface area contributed by atoms with E-state index >= 15 is 0 Å². The third-order valence-electron chi connectivity index (χ3n) is 8.06. The number of fused-ring (bicyclic) bond motifs is 2. The van der Waals surface area contributed by atoms with Crippen LogP contribution >= 0.6 is 0 Å². The number of hydrogen-bond acceptors (Lipinski definition) is 1. The summed E-state index contributed by atoms with van der Waals surface area (Å²) in [5.41, 5.74) is 8.69. The van der Waals surface area contributed by atoms with E-state index in [0.717, 1.165) is 23.6 Å². The minimum Gasteiger partial charge on any atom is -0.361 e. The van der Waals surface area contributed by atoms with Crippen LogP contribution in [0.4, 0.5) is 5.69 Å². The number of para-hydroxylation sites is 1. The molecule has 0 heterocycles. The molecule has 0 spiro atoms. The van der Waals surface area contributed by atoms with Crippen molar-refractivity contribution in [1.29, 1.82) is 0 Å². The molecular formula is C39H35N. The van der Waals surface area contributed by atoms with Crippen LogP contribution in [0.25, 0.3) is 38.2 Å². The fraction of sp³-hybridized carbons (Fsp3) is 0.128. The van der Waals surface area contributed by atoms with Crippen LogP contribution in [0.15, 0.2) is 146 Å². The summed E-state index contributed by atoms with van der Waals surface area (Å²) in [5.74, 6) is 0.760. The van der Waals surface area contributed by atoms with Gasteiger partial charge in [0.25, 0.3) is 0 Å². The molecule has 1 aliphatic rings. The Morgan fingerprint density at radius 3 is 2.30 bits per heavy atom. The molecule has 1 fully saturated rings. The van der Waals surface area contributed by atoms with Gasteiger partial charge in [-0.2, -0.15) is 0 Å². The number of nitrogens with one attached hydrogen (secondary N) is 1. The third-order valence-corrected chi connectivity index (χ3v) is 8.06. The quantitative estimate of drug-likeness (QED) is 0.143. The highest BCUT2D eigenvalue weighted by molar-refractivity contribution is 6.00. The average molecular weight is 518 g/mol. The van der Waals surface area contributed by atoms with Crippen molar-refractivity contribution in [2.24, 2.45) is 5.92 Å². The van der Waals surface area contributed by atoms with Gasteiger partial charge in [-0.1, -0.05) is 128 Å². The van der Waals surface area contributed by atoms with Crippen molar-refractivity contribution in [3.05, 3.63) is 157 Å². The van der Waals surface area contributed by atoms with E-state index < -0.39 is 0 Å². The minimum atomic E-state index is 0.760. The van der Waals surface area contributed by atoms with E-state index in [2.05, 4.69) is 134 Å². The van der Waals surface area contributed by atoms with Gasteiger partial charge in [0.15, 0.2) is 0 Å². The van der Waals surface area contributed by atoms with Crippen molar-refractivity contribution >= 4 is 32.8 Å². The molecule has 1 nitrogen and oxygen atoms in total. The Morgan fingerprint density at radius 1 is 0.775 bits per heavy atom. The maximum absolute atomic E-state index is 4.12. The van der Waals surface area contributed by atoms with E-state index in [1.165, 1.54) is 68.6 Å². The van der Waals surface area contributed by atoms with E-state index in [0.29, 0.717) is 0 Å². The zero-order valence-electron chi connectivity index (χ0n) is 22.9. The van der Waals surface area contributed by atoms with Gasteiger partial charge in [0.1, 0.15) is 0 Å². The summed E-state index contributed by atoms with van der Waals surface area (Å²) < 4.78 is 0. The molecule has 0 bridgehead atoms. The molecule has 196 valence electrons. The molecule has 5 aromatic carbocycles. The summed E-state index contributed by atoms with van der Waals surface area (Å²) in [6.45, 7) is 8.13. The van der Waals surface area contributed by atoms with Gasteiger partial charge in [0, 0.05) is 17.5 Å². The van der Waals surface area contributed by atoms with Gasteiger partial charge in [-0.3, -0.25) is 0 Å². The number of hydrogen-bond donors (Lipinski definition) is 1. The van der Waals surface area contributed by atoms with Gasteiger partial charge in [0.05, 0.1) is 0 Å². The van der Waals surface area contributed by atoms with Crippen molar-refractivity contribution in [2.45, 2.75) is 25.7 Å². The predicted molar refractivity (Wildman–Crippen MR) is 174 cm³/mol. The van der Waals surface area contributed by atoms with Crippen LogP contribution in [0, 0.1) is 5.92 Å². The standard InChI is InChI=1S/C39H35N/c1-3-12-29(35-24-23-31(14-10-16-32-27-28(32)2)34-18-6-7-19-36(34)35)25-26-40-39-22-9-8-20-38(39)37-21-11-15-30-13-4-5-17-33(30)37/h3-9,11-13,15,17-26,32,40H,1-2,10,14,16,27H2/b26-25-,29-12+. The van der Waals surface area contributed by atoms with Gasteiger partial charge in [-0.25, -0.2) is 0 Å². The van der Waals surface area contributed by atoms with Gasteiger partial charge < -0.3 is 5.32 Å². The SMILES string of the molecule is C=C/C=C(\C=C/Nc1ccccc1-c1cccc2ccccc12)c1ccc(CCCC2CC2=C)c2ccccc12. The number of allylic oxidation sites excluding steroid dienone is 5. The first-order valence-electron chi connectivity index (χ1n) is 14.2. The Hall–Kier alpha value is -4.62. The highest BCUT2D eigenvalue weighted by Gasteiger charge is 2.26. The van der Waals surface area contributed by atoms with Crippen LogP contribution in [-0.2, 0) is 6.42 Å². The van der Waals surface area contributed by atoms with E-state index in [-0.39, 0.29) is 0 Å². The number of benzene rings is 5. The second-order valence-electron chi connectivity index (χ2n) is 10.7. The molecule has 0 aromatic heterocycles. The summed E-state index contributed by atoms with van der Waals surface area (Å²) in [6, 6.07) is 36.9. The molecule has 1 atom stereocenters. The summed E-state index contributed by atoms with van der Waals surface area (Å²) in [6.07, 6.45) is 13.0. The van der Waals surface area contributed by atoms with Crippen LogP contribution in [0.2, 0.25) is 0 Å². The normalized spacial score (nSPS) is 15.2. The average Bonchev–Trinajstić information content (AvgIpc) is 3.71. The zero-order valence-corrected chi connectivity index (χ0v) is 22.9. The Labute approximate surface area is 237 Å². The third kappa shape index (κ3) is 5.42. The van der Waals surface area contributed by atoms with Crippen molar-refractivity contribution in [3.63, 3.8) is 0 Å². The molecule has 0 saturated heterocycles. The monoisotopic (exact) mass is 517 g/mol. The zero-order chi connectivity index (χ0) is 27.3. The van der Waals surface area contributed by atoms with E-state index in [9.17, 15) is 0 Å². The van der Waals surface area contributed by atoms with Crippen LogP contribution in [0.5, 0.6) is 0 Å². The first kappa shape index (κ1) is 25.6. The number of aryl methyl sites for hydroxylation is 1. The molecular weight excluding hydrogens is 482 g/mol. The first-order valence-corrected chi connectivity index (χ1v) is 14.2. The Bertz CT molecular complexity index is 1760.